The second kappa shape index (κ2) is 5.43. The maximum absolute atomic E-state index is 11.9. The molecular formula is C15H11BrN4O. The van der Waals surface area contributed by atoms with Gasteiger partial charge in [-0.1, -0.05) is 22.0 Å². The van der Waals surface area contributed by atoms with Crippen LogP contribution in [0.1, 0.15) is 22.3 Å². The number of nitriles is 2. The molecule has 0 amide bonds. The van der Waals surface area contributed by atoms with E-state index in [-0.39, 0.29) is 22.5 Å². The minimum Gasteiger partial charge on any atom is -0.384 e. The van der Waals surface area contributed by atoms with Crippen molar-refractivity contribution in [3.05, 3.63) is 49.2 Å². The molecule has 0 radical (unpaired) electrons. The predicted octanol–water partition coefficient (Wildman–Crippen LogP) is 2.75. The first-order chi connectivity index (χ1) is 9.92. The Kier molecular flexibility index (Phi) is 3.84. The van der Waals surface area contributed by atoms with Crippen molar-refractivity contribution in [3.63, 3.8) is 0 Å². The summed E-state index contributed by atoms with van der Waals surface area (Å²) in [6.07, 6.45) is 0. The number of nitrogens with one attached hydrogen (secondary N) is 1. The van der Waals surface area contributed by atoms with E-state index in [0.29, 0.717) is 5.56 Å². The molecule has 1 aromatic heterocycles. The van der Waals surface area contributed by atoms with Crippen LogP contribution in [0.2, 0.25) is 0 Å². The van der Waals surface area contributed by atoms with Crippen LogP contribution >= 0.6 is 15.9 Å². The number of aromatic amines is 1. The molecular weight excluding hydrogens is 332 g/mol. The number of pyridine rings is 1. The molecule has 1 heterocycles. The van der Waals surface area contributed by atoms with Gasteiger partial charge in [0, 0.05) is 10.0 Å². The summed E-state index contributed by atoms with van der Waals surface area (Å²) in [7, 11) is 0. The molecule has 2 rings (SSSR count). The van der Waals surface area contributed by atoms with Gasteiger partial charge in [-0.2, -0.15) is 10.5 Å². The van der Waals surface area contributed by atoms with Gasteiger partial charge in [-0.3, -0.25) is 4.79 Å². The summed E-state index contributed by atoms with van der Waals surface area (Å²) in [4.78, 5) is 14.3. The van der Waals surface area contributed by atoms with Crippen LogP contribution in [0.5, 0.6) is 0 Å². The number of anilines is 1. The second-order valence-corrected chi connectivity index (χ2v) is 5.42. The maximum Gasteiger partial charge on any atom is 0.268 e. The van der Waals surface area contributed by atoms with Crippen LogP contribution in [0.25, 0.3) is 11.1 Å². The predicted molar refractivity (Wildman–Crippen MR) is 83.5 cm³/mol. The van der Waals surface area contributed by atoms with Crippen molar-refractivity contribution in [2.45, 2.75) is 13.8 Å². The van der Waals surface area contributed by atoms with Gasteiger partial charge in [0.1, 0.15) is 29.1 Å². The first-order valence-corrected chi connectivity index (χ1v) is 6.83. The monoisotopic (exact) mass is 342 g/mol. The van der Waals surface area contributed by atoms with Crippen LogP contribution in [-0.4, -0.2) is 4.98 Å². The fraction of sp³-hybridized carbons (Fsp3) is 0.133. The zero-order chi connectivity index (χ0) is 15.7. The molecule has 2 aromatic rings. The Morgan fingerprint density at radius 3 is 2.33 bits per heavy atom. The third-order valence-corrected chi connectivity index (χ3v) is 4.32. The van der Waals surface area contributed by atoms with Crippen molar-refractivity contribution in [2.75, 3.05) is 5.73 Å². The molecule has 5 nitrogen and oxygen atoms in total. The van der Waals surface area contributed by atoms with Crippen LogP contribution in [0.3, 0.4) is 0 Å². The molecule has 0 atom stereocenters. The van der Waals surface area contributed by atoms with E-state index in [1.807, 2.05) is 32.1 Å². The maximum atomic E-state index is 11.9. The van der Waals surface area contributed by atoms with E-state index in [9.17, 15) is 15.3 Å². The molecule has 0 saturated carbocycles. The lowest BCUT2D eigenvalue weighted by molar-refractivity contribution is 1.20. The fourth-order valence-electron chi connectivity index (χ4n) is 2.17. The number of aromatic nitrogens is 1. The number of halogens is 1. The summed E-state index contributed by atoms with van der Waals surface area (Å²) in [5.74, 6) is -0.0310. The normalized spacial score (nSPS) is 9.95. The van der Waals surface area contributed by atoms with Crippen LogP contribution in [-0.2, 0) is 0 Å². The van der Waals surface area contributed by atoms with Gasteiger partial charge in [0.2, 0.25) is 0 Å². The topological polar surface area (TPSA) is 106 Å². The van der Waals surface area contributed by atoms with Crippen LogP contribution in [0.15, 0.2) is 21.4 Å². The standard InChI is InChI=1S/C15H11BrN4O/c1-7-8(2)12(16)4-3-9(7)13-10(5-17)14(19)20-15(21)11(13)6-18/h3-4H,1-2H3,(H3,19,20,21). The zero-order valence-corrected chi connectivity index (χ0v) is 13.0. The van der Waals surface area contributed by atoms with Gasteiger partial charge in [0.25, 0.3) is 5.56 Å². The molecule has 0 bridgehead atoms. The molecule has 104 valence electrons. The average molecular weight is 343 g/mol. The van der Waals surface area contributed by atoms with E-state index in [4.69, 9.17) is 5.73 Å². The molecule has 0 unspecified atom stereocenters. The summed E-state index contributed by atoms with van der Waals surface area (Å²) in [5, 5.41) is 18.6. The van der Waals surface area contributed by atoms with E-state index < -0.39 is 5.56 Å². The van der Waals surface area contributed by atoms with Crippen LogP contribution in [0, 0.1) is 36.5 Å². The van der Waals surface area contributed by atoms with E-state index in [1.165, 1.54) is 0 Å². The van der Waals surface area contributed by atoms with Crippen LogP contribution < -0.4 is 11.3 Å². The van der Waals surface area contributed by atoms with Gasteiger partial charge >= 0.3 is 0 Å². The van der Waals surface area contributed by atoms with Gasteiger partial charge in [0.15, 0.2) is 0 Å². The molecule has 0 saturated heterocycles. The number of nitrogens with two attached hydrogens (primary N) is 1. The summed E-state index contributed by atoms with van der Waals surface area (Å²) >= 11 is 3.43. The number of nitrogens with zero attached hydrogens (tertiary/aromatic N) is 2. The fourth-order valence-corrected chi connectivity index (χ4v) is 2.60. The minimum atomic E-state index is -0.594. The number of hydrogen-bond donors (Lipinski definition) is 2. The lowest BCUT2D eigenvalue weighted by atomic mass is 9.91. The minimum absolute atomic E-state index is 0.0310. The van der Waals surface area contributed by atoms with Gasteiger partial charge < -0.3 is 10.7 Å². The molecule has 1 aromatic carbocycles. The lowest BCUT2D eigenvalue weighted by Gasteiger charge is -2.14. The quantitative estimate of drug-likeness (QED) is 0.830. The molecule has 21 heavy (non-hydrogen) atoms. The Hall–Kier alpha value is -2.57. The number of nitrogen functional groups attached to an aromatic ring is 1. The van der Waals surface area contributed by atoms with Gasteiger partial charge in [-0.25, -0.2) is 0 Å². The largest absolute Gasteiger partial charge is 0.384 e. The highest BCUT2D eigenvalue weighted by Gasteiger charge is 2.20. The summed E-state index contributed by atoms with van der Waals surface area (Å²) in [6, 6.07) is 7.41. The highest BCUT2D eigenvalue weighted by Crippen LogP contribution is 2.34. The second-order valence-electron chi connectivity index (χ2n) is 4.56. The molecule has 0 aliphatic rings. The molecule has 0 spiro atoms. The third kappa shape index (κ3) is 2.31. The van der Waals surface area contributed by atoms with Crippen molar-refractivity contribution >= 4 is 21.7 Å². The Morgan fingerprint density at radius 2 is 1.76 bits per heavy atom. The van der Waals surface area contributed by atoms with E-state index >= 15 is 0 Å². The zero-order valence-electron chi connectivity index (χ0n) is 11.4. The Bertz CT molecular complexity index is 885. The van der Waals surface area contributed by atoms with Crippen molar-refractivity contribution < 1.29 is 0 Å². The third-order valence-electron chi connectivity index (χ3n) is 3.46. The number of hydrogen-bond acceptors (Lipinski definition) is 4. The highest BCUT2D eigenvalue weighted by molar-refractivity contribution is 9.10. The van der Waals surface area contributed by atoms with Gasteiger partial charge in [-0.15, -0.1) is 0 Å². The molecule has 0 aliphatic heterocycles. The number of rotatable bonds is 1. The summed E-state index contributed by atoms with van der Waals surface area (Å²) in [6.45, 7) is 3.78. The average Bonchev–Trinajstić information content (AvgIpc) is 2.44. The van der Waals surface area contributed by atoms with Crippen molar-refractivity contribution in [1.29, 1.82) is 10.5 Å². The molecule has 0 fully saturated rings. The number of H-pyrrole nitrogens is 1. The Labute approximate surface area is 129 Å². The Morgan fingerprint density at radius 1 is 1.14 bits per heavy atom. The molecule has 6 heteroatoms. The van der Waals surface area contributed by atoms with Gasteiger partial charge in [-0.05, 0) is 36.6 Å². The van der Waals surface area contributed by atoms with Crippen LogP contribution in [0.4, 0.5) is 5.82 Å². The van der Waals surface area contributed by atoms with Crippen molar-refractivity contribution in [3.8, 4) is 23.3 Å². The smallest absolute Gasteiger partial charge is 0.268 e. The summed E-state index contributed by atoms with van der Waals surface area (Å²) < 4.78 is 0.915. The highest BCUT2D eigenvalue weighted by atomic mass is 79.9. The SMILES string of the molecule is Cc1c(Br)ccc(-c2c(C#N)c(N)[nH]c(=O)c2C#N)c1C. The summed E-state index contributed by atoms with van der Waals surface area (Å²) in [5.41, 5.74) is 7.91. The van der Waals surface area contributed by atoms with E-state index in [1.54, 1.807) is 6.07 Å². The first-order valence-electron chi connectivity index (χ1n) is 6.04. The first kappa shape index (κ1) is 14.8. The lowest BCUT2D eigenvalue weighted by Crippen LogP contribution is -2.16. The van der Waals surface area contributed by atoms with Gasteiger partial charge in [0.05, 0.1) is 0 Å². The molecule has 0 aliphatic carbocycles. The van der Waals surface area contributed by atoms with E-state index in [2.05, 4.69) is 20.9 Å². The van der Waals surface area contributed by atoms with Crippen molar-refractivity contribution in [1.82, 2.24) is 4.98 Å². The Balaban J connectivity index is 3.01. The molecule has 3 N–H and O–H groups in total. The van der Waals surface area contributed by atoms with Crippen molar-refractivity contribution in [2.24, 2.45) is 0 Å². The number of benzene rings is 1. The van der Waals surface area contributed by atoms with E-state index in [0.717, 1.165) is 15.6 Å².